The van der Waals surface area contributed by atoms with Crippen molar-refractivity contribution in [2.45, 2.75) is 18.8 Å². The van der Waals surface area contributed by atoms with Crippen LogP contribution in [0, 0.1) is 0 Å². The van der Waals surface area contributed by atoms with Crippen LogP contribution < -0.4 is 17.2 Å². The maximum atomic E-state index is 9.27. The summed E-state index contributed by atoms with van der Waals surface area (Å²) in [5.74, 6) is 0. The van der Waals surface area contributed by atoms with Crippen molar-refractivity contribution in [1.82, 2.24) is 4.57 Å². The molecule has 0 spiro atoms. The van der Waals surface area contributed by atoms with Gasteiger partial charge in [-0.15, -0.1) is 0 Å². The minimum Gasteiger partial charge on any atom is -0.377 e. The number of aliphatic hydroxyl groups excluding tert-OH is 1. The number of hydrogen-bond donors (Lipinski definition) is 4. The Morgan fingerprint density at radius 3 is 2.59 bits per heavy atom. The summed E-state index contributed by atoms with van der Waals surface area (Å²) in [6, 6.07) is 7.68. The predicted molar refractivity (Wildman–Crippen MR) is 68.1 cm³/mol. The Balaban J connectivity index is 2.54. The molecule has 2 aromatic rings. The Hall–Kier alpha value is -1.40. The van der Waals surface area contributed by atoms with E-state index in [0.29, 0.717) is 13.1 Å². The van der Waals surface area contributed by atoms with E-state index < -0.39 is 6.23 Å². The lowest BCUT2D eigenvalue weighted by Crippen LogP contribution is -2.25. The van der Waals surface area contributed by atoms with Crippen LogP contribution in [0.15, 0.2) is 30.5 Å². The van der Waals surface area contributed by atoms with E-state index >= 15 is 0 Å². The number of aliphatic hydroxyl groups is 1. The van der Waals surface area contributed by atoms with Crippen LogP contribution in [0.1, 0.15) is 11.6 Å². The third-order valence-corrected chi connectivity index (χ3v) is 2.86. The SMILES string of the molecule is NCC(N)c1cn(CC(N)O)c2ccccc12. The molecule has 0 fully saturated rings. The fourth-order valence-corrected chi connectivity index (χ4v) is 2.05. The second kappa shape index (κ2) is 4.85. The van der Waals surface area contributed by atoms with Gasteiger partial charge in [-0.3, -0.25) is 0 Å². The molecule has 1 aromatic carbocycles. The van der Waals surface area contributed by atoms with E-state index in [2.05, 4.69) is 0 Å². The summed E-state index contributed by atoms with van der Waals surface area (Å²) < 4.78 is 1.91. The molecule has 2 atom stereocenters. The molecule has 0 amide bonds. The highest BCUT2D eigenvalue weighted by Gasteiger charge is 2.13. The van der Waals surface area contributed by atoms with Crippen LogP contribution in [0.4, 0.5) is 0 Å². The number of fused-ring (bicyclic) bond motifs is 1. The van der Waals surface area contributed by atoms with Crippen LogP contribution in [0.5, 0.6) is 0 Å². The molecule has 0 aliphatic carbocycles. The molecule has 5 nitrogen and oxygen atoms in total. The largest absolute Gasteiger partial charge is 0.377 e. The number of nitrogens with two attached hydrogens (primary N) is 3. The predicted octanol–water partition coefficient (Wildman–Crippen LogP) is -0.123. The van der Waals surface area contributed by atoms with Crippen molar-refractivity contribution in [2.24, 2.45) is 17.2 Å². The lowest BCUT2D eigenvalue weighted by molar-refractivity contribution is 0.163. The number of aromatic nitrogens is 1. The molecule has 0 saturated carbocycles. The highest BCUT2D eigenvalue weighted by atomic mass is 16.3. The van der Waals surface area contributed by atoms with Gasteiger partial charge in [-0.2, -0.15) is 0 Å². The van der Waals surface area contributed by atoms with Gasteiger partial charge >= 0.3 is 0 Å². The van der Waals surface area contributed by atoms with E-state index in [1.165, 1.54) is 0 Å². The number of para-hydroxylation sites is 1. The van der Waals surface area contributed by atoms with E-state index in [1.807, 2.05) is 35.0 Å². The van der Waals surface area contributed by atoms with E-state index in [1.54, 1.807) is 0 Å². The topological polar surface area (TPSA) is 103 Å². The lowest BCUT2D eigenvalue weighted by atomic mass is 10.1. The zero-order chi connectivity index (χ0) is 12.4. The number of nitrogens with zero attached hydrogens (tertiary/aromatic N) is 1. The minimum atomic E-state index is -0.882. The van der Waals surface area contributed by atoms with Crippen LogP contribution in [0.3, 0.4) is 0 Å². The molecule has 92 valence electrons. The van der Waals surface area contributed by atoms with Gasteiger partial charge in [0.15, 0.2) is 0 Å². The summed E-state index contributed by atoms with van der Waals surface area (Å²) >= 11 is 0. The molecule has 2 rings (SSSR count). The zero-order valence-electron chi connectivity index (χ0n) is 9.58. The highest BCUT2D eigenvalue weighted by molar-refractivity contribution is 5.84. The molecular formula is C12H18N4O. The molecule has 0 radical (unpaired) electrons. The molecule has 0 aliphatic heterocycles. The molecule has 0 saturated heterocycles. The Morgan fingerprint density at radius 2 is 1.94 bits per heavy atom. The first kappa shape index (κ1) is 12.1. The van der Waals surface area contributed by atoms with Crippen LogP contribution >= 0.6 is 0 Å². The van der Waals surface area contributed by atoms with E-state index in [0.717, 1.165) is 16.5 Å². The Labute approximate surface area is 99.8 Å². The number of benzene rings is 1. The summed E-state index contributed by atoms with van der Waals surface area (Å²) in [6.45, 7) is 0.733. The van der Waals surface area contributed by atoms with Crippen molar-refractivity contribution in [3.63, 3.8) is 0 Å². The molecule has 5 heteroatoms. The standard InChI is InChI=1S/C12H18N4O/c13-5-10(14)9-6-16(7-12(15)17)11-4-2-1-3-8(9)11/h1-4,6,10,12,17H,5,7,13-15H2. The molecule has 17 heavy (non-hydrogen) atoms. The number of rotatable bonds is 4. The van der Waals surface area contributed by atoms with Crippen molar-refractivity contribution in [3.8, 4) is 0 Å². The van der Waals surface area contributed by atoms with Gasteiger partial charge in [0.2, 0.25) is 0 Å². The maximum absolute atomic E-state index is 9.27. The third kappa shape index (κ3) is 2.32. The first-order valence-corrected chi connectivity index (χ1v) is 5.60. The van der Waals surface area contributed by atoms with Crippen molar-refractivity contribution >= 4 is 10.9 Å². The minimum absolute atomic E-state index is 0.198. The molecule has 1 heterocycles. The van der Waals surface area contributed by atoms with Gasteiger partial charge in [0, 0.05) is 29.7 Å². The van der Waals surface area contributed by atoms with Crippen molar-refractivity contribution in [1.29, 1.82) is 0 Å². The summed E-state index contributed by atoms with van der Waals surface area (Å²) in [5, 5.41) is 10.3. The second-order valence-corrected chi connectivity index (χ2v) is 4.16. The Bertz CT molecular complexity index is 506. The molecule has 7 N–H and O–H groups in total. The van der Waals surface area contributed by atoms with E-state index in [-0.39, 0.29) is 6.04 Å². The summed E-state index contributed by atoms with van der Waals surface area (Å²) in [6.07, 6.45) is 1.03. The first-order valence-electron chi connectivity index (χ1n) is 5.60. The summed E-state index contributed by atoms with van der Waals surface area (Å²) in [7, 11) is 0. The zero-order valence-corrected chi connectivity index (χ0v) is 9.58. The smallest absolute Gasteiger partial charge is 0.120 e. The lowest BCUT2D eigenvalue weighted by Gasteiger charge is -2.07. The van der Waals surface area contributed by atoms with Crippen molar-refractivity contribution in [2.75, 3.05) is 6.54 Å². The third-order valence-electron chi connectivity index (χ3n) is 2.86. The average molecular weight is 234 g/mol. The van der Waals surface area contributed by atoms with E-state index in [9.17, 15) is 5.11 Å². The first-order chi connectivity index (χ1) is 8.13. The van der Waals surface area contributed by atoms with Gasteiger partial charge in [-0.25, -0.2) is 0 Å². The molecule has 1 aromatic heterocycles. The monoisotopic (exact) mass is 234 g/mol. The Morgan fingerprint density at radius 1 is 1.24 bits per heavy atom. The quantitative estimate of drug-likeness (QED) is 0.553. The average Bonchev–Trinajstić information content (AvgIpc) is 2.67. The highest BCUT2D eigenvalue weighted by Crippen LogP contribution is 2.25. The Kier molecular flexibility index (Phi) is 3.44. The van der Waals surface area contributed by atoms with Gasteiger partial charge in [0.1, 0.15) is 6.23 Å². The van der Waals surface area contributed by atoms with Gasteiger partial charge < -0.3 is 26.9 Å². The van der Waals surface area contributed by atoms with Gasteiger partial charge in [-0.1, -0.05) is 18.2 Å². The fourth-order valence-electron chi connectivity index (χ4n) is 2.05. The molecule has 0 bridgehead atoms. The van der Waals surface area contributed by atoms with Crippen molar-refractivity contribution < 1.29 is 5.11 Å². The van der Waals surface area contributed by atoms with E-state index in [4.69, 9.17) is 17.2 Å². The van der Waals surface area contributed by atoms with Gasteiger partial charge in [0.25, 0.3) is 0 Å². The van der Waals surface area contributed by atoms with Crippen LogP contribution in [-0.4, -0.2) is 22.4 Å². The molecule has 2 unspecified atom stereocenters. The molecule has 0 aliphatic rings. The van der Waals surface area contributed by atoms with Crippen LogP contribution in [0.25, 0.3) is 10.9 Å². The van der Waals surface area contributed by atoms with Crippen LogP contribution in [0.2, 0.25) is 0 Å². The van der Waals surface area contributed by atoms with Gasteiger partial charge in [-0.05, 0) is 11.6 Å². The molecular weight excluding hydrogens is 216 g/mol. The summed E-state index contributed by atoms with van der Waals surface area (Å²) in [4.78, 5) is 0. The fraction of sp³-hybridized carbons (Fsp3) is 0.333. The normalized spacial score (nSPS) is 15.1. The number of hydrogen-bond acceptors (Lipinski definition) is 4. The van der Waals surface area contributed by atoms with Crippen molar-refractivity contribution in [3.05, 3.63) is 36.0 Å². The van der Waals surface area contributed by atoms with Gasteiger partial charge in [0.05, 0.1) is 6.54 Å². The second-order valence-electron chi connectivity index (χ2n) is 4.16. The summed E-state index contributed by atoms with van der Waals surface area (Å²) in [5.41, 5.74) is 19.0. The maximum Gasteiger partial charge on any atom is 0.120 e. The van der Waals surface area contributed by atoms with Crippen LogP contribution in [-0.2, 0) is 6.54 Å².